The minimum Gasteiger partial charge on any atom is -0.507 e. The highest BCUT2D eigenvalue weighted by molar-refractivity contribution is 5.97. The molecule has 0 aliphatic heterocycles. The largest absolute Gasteiger partial charge is 0.507 e. The van der Waals surface area contributed by atoms with Gasteiger partial charge in [-0.25, -0.2) is 4.98 Å². The number of aromatic hydroxyl groups is 1. The topological polar surface area (TPSA) is 50.9 Å². The predicted molar refractivity (Wildman–Crippen MR) is 267 cm³/mol. The molecule has 63 heavy (non-hydrogen) atoms. The molecule has 8 aromatic rings. The van der Waals surface area contributed by atoms with Gasteiger partial charge in [0, 0.05) is 18.7 Å². The van der Waals surface area contributed by atoms with Crippen LogP contribution in [0.5, 0.6) is 5.75 Å². The van der Waals surface area contributed by atoms with E-state index in [2.05, 4.69) is 189 Å². The number of phenolic OH excluding ortho intramolecular Hbond substituents is 1. The minimum atomic E-state index is -0.707. The first-order chi connectivity index (χ1) is 30.0. The van der Waals surface area contributed by atoms with Crippen molar-refractivity contribution < 1.29 is 6.48 Å². The Kier molecular flexibility index (Phi) is 10.8. The van der Waals surface area contributed by atoms with Gasteiger partial charge in [-0.05, 0) is 146 Å². The van der Waals surface area contributed by atoms with Crippen molar-refractivity contribution in [2.75, 3.05) is 0 Å². The van der Waals surface area contributed by atoms with Crippen molar-refractivity contribution in [1.29, 1.82) is 0 Å². The van der Waals surface area contributed by atoms with Gasteiger partial charge in [0.1, 0.15) is 11.6 Å². The molecule has 0 spiro atoms. The quantitative estimate of drug-likeness (QED) is 0.174. The second-order valence-electron chi connectivity index (χ2n) is 20.8. The summed E-state index contributed by atoms with van der Waals surface area (Å²) in [5, 5.41) is 11.9. The predicted octanol–water partition coefficient (Wildman–Crippen LogP) is 16.1. The maximum absolute atomic E-state index is 11.9. The molecule has 0 saturated heterocycles. The Morgan fingerprint density at radius 2 is 1.16 bits per heavy atom. The number of hydrogen-bond donors (Lipinski definition) is 1. The summed E-state index contributed by atoms with van der Waals surface area (Å²) in [6.45, 7) is 28.1. The van der Waals surface area contributed by atoms with Gasteiger partial charge in [-0.3, -0.25) is 9.55 Å². The Morgan fingerprint density at radius 1 is 0.540 bits per heavy atom. The number of hydrogen-bond acceptors (Lipinski definition) is 3. The standard InChI is InChI=1S/C59H63N3O/c1-36(2)40-16-14-17-41(30-40)42-22-25-52(37(3)28-42)62-53-19-15-18-49(54(53)61-56(62)50-35-47(58(8,9)10)29-38(4)55(50)63)44-31-45(33-48(32-44)59(11,12)13)51-34-43(26-27-60-51)39-20-23-46(24-21-39)57(5,6)7/h14-36,63H,1-13H3/i36D. The highest BCUT2D eigenvalue weighted by atomic mass is 16.3. The Hall–Kier alpha value is -6.26. The first kappa shape index (κ1) is 42.1. The van der Waals surface area contributed by atoms with Crippen LogP contribution < -0.4 is 0 Å². The van der Waals surface area contributed by atoms with Gasteiger partial charge in [0.05, 0.1) is 28.0 Å². The fourth-order valence-electron chi connectivity index (χ4n) is 8.53. The Labute approximate surface area is 377 Å². The van der Waals surface area contributed by atoms with Crippen LogP contribution in [-0.4, -0.2) is 19.6 Å². The molecule has 0 aliphatic rings. The fourth-order valence-corrected chi connectivity index (χ4v) is 8.53. The lowest BCUT2D eigenvalue weighted by molar-refractivity contribution is 0.471. The van der Waals surface area contributed by atoms with Gasteiger partial charge in [0.15, 0.2) is 0 Å². The highest BCUT2D eigenvalue weighted by Crippen LogP contribution is 2.43. The van der Waals surface area contributed by atoms with Gasteiger partial charge in [0.25, 0.3) is 0 Å². The zero-order valence-electron chi connectivity index (χ0n) is 40.5. The maximum atomic E-state index is 11.9. The first-order valence-electron chi connectivity index (χ1n) is 22.8. The lowest BCUT2D eigenvalue weighted by atomic mass is 9.83. The third kappa shape index (κ3) is 8.61. The molecule has 2 aromatic heterocycles. The second kappa shape index (κ2) is 16.1. The zero-order valence-corrected chi connectivity index (χ0v) is 39.5. The normalized spacial score (nSPS) is 12.8. The van der Waals surface area contributed by atoms with E-state index in [4.69, 9.17) is 11.3 Å². The average molecular weight is 831 g/mol. The van der Waals surface area contributed by atoms with E-state index in [1.165, 1.54) is 11.1 Å². The van der Waals surface area contributed by atoms with Crippen molar-refractivity contribution in [1.82, 2.24) is 14.5 Å². The van der Waals surface area contributed by atoms with Gasteiger partial charge < -0.3 is 5.11 Å². The molecule has 0 unspecified atom stereocenters. The summed E-state index contributed by atoms with van der Waals surface area (Å²) in [4.78, 5) is 10.5. The summed E-state index contributed by atoms with van der Waals surface area (Å²) < 4.78 is 10.9. The third-order valence-electron chi connectivity index (χ3n) is 12.6. The molecule has 0 fully saturated rings. The van der Waals surface area contributed by atoms with Crippen molar-refractivity contribution >= 4 is 11.0 Å². The number of pyridine rings is 1. The Balaban J connectivity index is 1.34. The van der Waals surface area contributed by atoms with Crippen LogP contribution in [-0.2, 0) is 16.2 Å². The molecule has 1 N–H and O–H groups in total. The Morgan fingerprint density at radius 3 is 1.83 bits per heavy atom. The number of phenols is 1. The minimum absolute atomic E-state index is 0.0817. The molecule has 0 atom stereocenters. The zero-order chi connectivity index (χ0) is 46.1. The molecule has 8 rings (SSSR count). The molecule has 6 aromatic carbocycles. The highest BCUT2D eigenvalue weighted by Gasteiger charge is 2.26. The van der Waals surface area contributed by atoms with E-state index in [1.54, 1.807) is 0 Å². The molecule has 320 valence electrons. The number of nitrogens with zero attached hydrogens (tertiary/aromatic N) is 3. The number of imidazole rings is 1. The van der Waals surface area contributed by atoms with E-state index in [-0.39, 0.29) is 22.0 Å². The molecule has 4 heteroatoms. The summed E-state index contributed by atoms with van der Waals surface area (Å²) in [5.41, 5.74) is 18.2. The molecule has 0 amide bonds. The molecular weight excluding hydrogens is 767 g/mol. The van der Waals surface area contributed by atoms with Crippen molar-refractivity contribution in [3.8, 4) is 67.5 Å². The Bertz CT molecular complexity index is 3050. The fraction of sp³-hybridized carbons (Fsp3) is 0.288. The van der Waals surface area contributed by atoms with E-state index >= 15 is 0 Å². The molecule has 0 aliphatic carbocycles. The van der Waals surface area contributed by atoms with E-state index in [9.17, 15) is 5.11 Å². The van der Waals surface area contributed by atoms with E-state index in [0.29, 0.717) is 11.4 Å². The summed E-state index contributed by atoms with van der Waals surface area (Å²) in [5.74, 6) is 0.204. The molecular formula is C59H63N3O. The van der Waals surface area contributed by atoms with Crippen molar-refractivity contribution in [3.05, 3.63) is 167 Å². The van der Waals surface area contributed by atoms with E-state index < -0.39 is 5.89 Å². The molecule has 0 saturated carbocycles. The van der Waals surface area contributed by atoms with E-state index in [1.807, 2.05) is 39.1 Å². The molecule has 0 bridgehead atoms. The number of benzene rings is 6. The monoisotopic (exact) mass is 831 g/mol. The van der Waals surface area contributed by atoms with Gasteiger partial charge in [-0.15, -0.1) is 0 Å². The molecule has 0 radical (unpaired) electrons. The lowest BCUT2D eigenvalue weighted by Crippen LogP contribution is -2.12. The summed E-state index contributed by atoms with van der Waals surface area (Å²) >= 11 is 0. The maximum Gasteiger partial charge on any atom is 0.149 e. The van der Waals surface area contributed by atoms with Crippen LogP contribution in [0.15, 0.2) is 134 Å². The summed E-state index contributed by atoms with van der Waals surface area (Å²) in [6.07, 6.45) is 1.92. The number of aryl methyl sites for hydroxylation is 2. The number of aromatic nitrogens is 3. The van der Waals surface area contributed by atoms with Crippen LogP contribution in [0.3, 0.4) is 0 Å². The van der Waals surface area contributed by atoms with Gasteiger partial charge in [0.2, 0.25) is 0 Å². The van der Waals surface area contributed by atoms with Crippen molar-refractivity contribution in [3.63, 3.8) is 0 Å². The summed E-state index contributed by atoms with van der Waals surface area (Å²) in [6, 6.07) is 45.5. The van der Waals surface area contributed by atoms with Crippen molar-refractivity contribution in [2.24, 2.45) is 0 Å². The lowest BCUT2D eigenvalue weighted by Gasteiger charge is -2.22. The molecule has 4 nitrogen and oxygen atoms in total. The van der Waals surface area contributed by atoms with Gasteiger partial charge in [-0.1, -0.05) is 155 Å². The second-order valence-corrected chi connectivity index (χ2v) is 20.8. The smallest absolute Gasteiger partial charge is 0.149 e. The third-order valence-corrected chi connectivity index (χ3v) is 12.6. The van der Waals surface area contributed by atoms with Crippen LogP contribution in [0.1, 0.15) is 117 Å². The van der Waals surface area contributed by atoms with Gasteiger partial charge >= 0.3 is 0 Å². The average Bonchev–Trinajstić information content (AvgIpc) is 3.62. The molecule has 2 heterocycles. The van der Waals surface area contributed by atoms with Crippen LogP contribution >= 0.6 is 0 Å². The van der Waals surface area contributed by atoms with Crippen LogP contribution in [0.4, 0.5) is 0 Å². The number of fused-ring (bicyclic) bond motifs is 1. The SMILES string of the molecule is [2H]C(C)(C)c1cccc(-c2ccc(-n3c(-c4cc(C(C)(C)C)cc(C)c4O)nc4c(-c5cc(-c6cc(-c7ccc(C(C)(C)C)cc7)ccn6)cc(C(C)(C)C)c5)cccc43)c(C)c2)c1. The number of rotatable bonds is 7. The van der Waals surface area contributed by atoms with Crippen LogP contribution in [0.2, 0.25) is 0 Å². The van der Waals surface area contributed by atoms with Gasteiger partial charge in [-0.2, -0.15) is 0 Å². The number of para-hydroxylation sites is 1. The van der Waals surface area contributed by atoms with E-state index in [0.717, 1.165) is 83.6 Å². The van der Waals surface area contributed by atoms with Crippen molar-refractivity contribution in [2.45, 2.75) is 112 Å². The van der Waals surface area contributed by atoms with Crippen LogP contribution in [0, 0.1) is 13.8 Å². The summed E-state index contributed by atoms with van der Waals surface area (Å²) in [7, 11) is 0. The van der Waals surface area contributed by atoms with Crippen LogP contribution in [0.25, 0.3) is 72.7 Å². The first-order valence-corrected chi connectivity index (χ1v) is 22.3.